The molecule has 3 aromatic rings. The summed E-state index contributed by atoms with van der Waals surface area (Å²) in [6.07, 6.45) is 24.1. The van der Waals surface area contributed by atoms with Gasteiger partial charge in [0.25, 0.3) is 0 Å². The number of ether oxygens (including phenoxy) is 2. The van der Waals surface area contributed by atoms with Gasteiger partial charge in [-0.05, 0) is 49.2 Å². The second-order valence-electron chi connectivity index (χ2n) is 9.77. The van der Waals surface area contributed by atoms with Crippen molar-refractivity contribution in [2.24, 2.45) is 0 Å². The quantitative estimate of drug-likeness (QED) is 0.132. The molecule has 0 spiro atoms. The SMILES string of the molecule is CCCCCCCC[n+]1cccc(Oc2ccc(Oc3ccc[n+](CCCCCCCC)c3)cc2)c1. The van der Waals surface area contributed by atoms with Gasteiger partial charge in [-0.1, -0.05) is 65.2 Å². The largest absolute Gasteiger partial charge is 0.451 e. The smallest absolute Gasteiger partial charge is 0.211 e. The molecule has 0 amide bonds. The Balaban J connectivity index is 1.44. The predicted octanol–water partition coefficient (Wildman–Crippen LogP) is 8.57. The van der Waals surface area contributed by atoms with Crippen LogP contribution in [0.4, 0.5) is 0 Å². The fraction of sp³-hybridized carbons (Fsp3) is 0.500. The highest BCUT2D eigenvalue weighted by molar-refractivity contribution is 5.36. The molecular formula is C32H46N2O2+2. The lowest BCUT2D eigenvalue weighted by Gasteiger charge is -2.08. The molecule has 0 radical (unpaired) electrons. The van der Waals surface area contributed by atoms with Gasteiger partial charge in [0.05, 0.1) is 0 Å². The Bertz CT molecular complexity index is 907. The van der Waals surface area contributed by atoms with E-state index in [0.717, 1.165) is 36.1 Å². The van der Waals surface area contributed by atoms with Gasteiger partial charge in [0.2, 0.25) is 12.4 Å². The molecule has 0 atom stereocenters. The molecule has 4 heteroatoms. The van der Waals surface area contributed by atoms with E-state index in [2.05, 4.69) is 59.9 Å². The lowest BCUT2D eigenvalue weighted by Crippen LogP contribution is -2.32. The van der Waals surface area contributed by atoms with Crippen LogP contribution in [0.3, 0.4) is 0 Å². The van der Waals surface area contributed by atoms with Crippen LogP contribution in [0, 0.1) is 0 Å². The topological polar surface area (TPSA) is 26.2 Å². The van der Waals surface area contributed by atoms with Gasteiger partial charge in [-0.15, -0.1) is 0 Å². The van der Waals surface area contributed by atoms with Crippen molar-refractivity contribution in [3.05, 3.63) is 73.3 Å². The zero-order valence-corrected chi connectivity index (χ0v) is 22.5. The maximum Gasteiger partial charge on any atom is 0.211 e. The van der Waals surface area contributed by atoms with E-state index < -0.39 is 0 Å². The van der Waals surface area contributed by atoms with Crippen molar-refractivity contribution in [1.29, 1.82) is 0 Å². The summed E-state index contributed by atoms with van der Waals surface area (Å²) in [5, 5.41) is 0. The van der Waals surface area contributed by atoms with Crippen LogP contribution < -0.4 is 18.6 Å². The zero-order valence-electron chi connectivity index (χ0n) is 22.5. The molecule has 0 aliphatic carbocycles. The van der Waals surface area contributed by atoms with Crippen LogP contribution in [0.2, 0.25) is 0 Å². The van der Waals surface area contributed by atoms with Gasteiger partial charge in [0, 0.05) is 25.0 Å². The monoisotopic (exact) mass is 490 g/mol. The van der Waals surface area contributed by atoms with Gasteiger partial charge >= 0.3 is 0 Å². The Morgan fingerprint density at radius 1 is 0.472 bits per heavy atom. The van der Waals surface area contributed by atoms with Crippen LogP contribution in [0.15, 0.2) is 73.3 Å². The Morgan fingerprint density at radius 3 is 1.28 bits per heavy atom. The van der Waals surface area contributed by atoms with Crippen molar-refractivity contribution in [1.82, 2.24) is 0 Å². The van der Waals surface area contributed by atoms with Gasteiger partial charge in [-0.2, -0.15) is 0 Å². The van der Waals surface area contributed by atoms with Crippen molar-refractivity contribution in [3.8, 4) is 23.0 Å². The molecule has 0 saturated carbocycles. The summed E-state index contributed by atoms with van der Waals surface area (Å²) in [6, 6.07) is 16.0. The fourth-order valence-electron chi connectivity index (χ4n) is 4.39. The lowest BCUT2D eigenvalue weighted by molar-refractivity contribution is -0.697. The van der Waals surface area contributed by atoms with E-state index in [0.29, 0.717) is 0 Å². The third kappa shape index (κ3) is 10.8. The van der Waals surface area contributed by atoms with Gasteiger partial charge in [0.15, 0.2) is 23.9 Å². The first-order valence-corrected chi connectivity index (χ1v) is 14.2. The molecule has 0 aliphatic rings. The van der Waals surface area contributed by atoms with Crippen molar-refractivity contribution in [2.45, 2.75) is 104 Å². The molecule has 0 aliphatic heterocycles. The highest BCUT2D eigenvalue weighted by Crippen LogP contribution is 2.25. The van der Waals surface area contributed by atoms with E-state index in [-0.39, 0.29) is 0 Å². The number of hydrogen-bond donors (Lipinski definition) is 0. The number of aromatic nitrogens is 2. The summed E-state index contributed by atoms with van der Waals surface area (Å²) in [5.74, 6) is 3.34. The first kappa shape index (κ1) is 27.7. The van der Waals surface area contributed by atoms with Crippen LogP contribution in [0.5, 0.6) is 23.0 Å². The summed E-state index contributed by atoms with van der Waals surface area (Å²) in [4.78, 5) is 0. The molecule has 0 fully saturated rings. The molecule has 0 saturated heterocycles. The number of aryl methyl sites for hydroxylation is 2. The van der Waals surface area contributed by atoms with Gasteiger partial charge in [-0.3, -0.25) is 0 Å². The van der Waals surface area contributed by atoms with E-state index >= 15 is 0 Å². The number of unbranched alkanes of at least 4 members (excludes halogenated alkanes) is 10. The number of rotatable bonds is 18. The molecule has 194 valence electrons. The normalized spacial score (nSPS) is 10.9. The molecule has 36 heavy (non-hydrogen) atoms. The fourth-order valence-corrected chi connectivity index (χ4v) is 4.39. The maximum absolute atomic E-state index is 6.10. The molecule has 2 aromatic heterocycles. The molecule has 3 rings (SSSR count). The van der Waals surface area contributed by atoms with Crippen LogP contribution in [-0.4, -0.2) is 0 Å². The number of nitrogens with zero attached hydrogens (tertiary/aromatic N) is 2. The van der Waals surface area contributed by atoms with Crippen LogP contribution in [0.25, 0.3) is 0 Å². The molecule has 1 aromatic carbocycles. The average molecular weight is 491 g/mol. The number of hydrogen-bond acceptors (Lipinski definition) is 2. The average Bonchev–Trinajstić information content (AvgIpc) is 2.90. The van der Waals surface area contributed by atoms with E-state index in [4.69, 9.17) is 9.47 Å². The molecule has 2 heterocycles. The third-order valence-corrected chi connectivity index (χ3v) is 6.50. The minimum absolute atomic E-state index is 0.811. The standard InChI is InChI=1S/C32H46N2O2/c1-3-5-7-9-11-13-23-33-25-15-17-31(27-33)35-29-19-21-30(22-20-29)36-32-18-16-26-34(28-32)24-14-12-10-8-6-4-2/h15-22,25-28H,3-14,23-24H2,1-2H3/q+2. The summed E-state index contributed by atoms with van der Waals surface area (Å²) in [6.45, 7) is 6.59. The Morgan fingerprint density at radius 2 is 0.861 bits per heavy atom. The van der Waals surface area contributed by atoms with Gasteiger partial charge in [-0.25, -0.2) is 9.13 Å². The van der Waals surface area contributed by atoms with Crippen molar-refractivity contribution in [2.75, 3.05) is 0 Å². The Labute approximate surface area is 218 Å². The number of benzene rings is 1. The van der Waals surface area contributed by atoms with Crippen LogP contribution >= 0.6 is 0 Å². The van der Waals surface area contributed by atoms with E-state index in [1.807, 2.05) is 36.4 Å². The highest BCUT2D eigenvalue weighted by atomic mass is 16.5. The number of pyridine rings is 2. The second-order valence-corrected chi connectivity index (χ2v) is 9.77. The van der Waals surface area contributed by atoms with Gasteiger partial charge < -0.3 is 9.47 Å². The minimum atomic E-state index is 0.811. The zero-order chi connectivity index (χ0) is 25.3. The maximum atomic E-state index is 6.10. The predicted molar refractivity (Wildman–Crippen MR) is 147 cm³/mol. The van der Waals surface area contributed by atoms with Crippen LogP contribution in [-0.2, 0) is 13.1 Å². The summed E-state index contributed by atoms with van der Waals surface area (Å²) >= 11 is 0. The van der Waals surface area contributed by atoms with Crippen molar-refractivity contribution >= 4 is 0 Å². The molecular weight excluding hydrogens is 444 g/mol. The van der Waals surface area contributed by atoms with E-state index in [1.165, 1.54) is 77.0 Å². The van der Waals surface area contributed by atoms with Gasteiger partial charge in [0.1, 0.15) is 24.6 Å². The first-order chi connectivity index (χ1) is 17.8. The first-order valence-electron chi connectivity index (χ1n) is 14.2. The second kappa shape index (κ2) is 16.7. The summed E-state index contributed by atoms with van der Waals surface area (Å²) < 4.78 is 16.7. The van der Waals surface area contributed by atoms with Crippen molar-refractivity contribution < 1.29 is 18.6 Å². The van der Waals surface area contributed by atoms with E-state index in [1.54, 1.807) is 0 Å². The highest BCUT2D eigenvalue weighted by Gasteiger charge is 2.08. The third-order valence-electron chi connectivity index (χ3n) is 6.50. The van der Waals surface area contributed by atoms with E-state index in [9.17, 15) is 0 Å². The Hall–Kier alpha value is -2.88. The molecule has 0 bridgehead atoms. The summed E-state index contributed by atoms with van der Waals surface area (Å²) in [7, 11) is 0. The Kier molecular flexibility index (Phi) is 12.9. The molecule has 0 unspecified atom stereocenters. The van der Waals surface area contributed by atoms with Crippen molar-refractivity contribution in [3.63, 3.8) is 0 Å². The minimum Gasteiger partial charge on any atom is -0.451 e. The summed E-state index contributed by atoms with van der Waals surface area (Å²) in [5.41, 5.74) is 0. The lowest BCUT2D eigenvalue weighted by atomic mass is 10.1. The molecule has 0 N–H and O–H groups in total. The molecule has 4 nitrogen and oxygen atoms in total. The van der Waals surface area contributed by atoms with Crippen LogP contribution in [0.1, 0.15) is 90.9 Å².